The average Bonchev–Trinajstić information content (AvgIpc) is 2.66. The highest BCUT2D eigenvalue weighted by atomic mass is 19.4. The Bertz CT molecular complexity index is 809. The molecule has 0 spiro atoms. The van der Waals surface area contributed by atoms with Gasteiger partial charge in [0.15, 0.2) is 0 Å². The first kappa shape index (κ1) is 19.3. The quantitative estimate of drug-likeness (QED) is 0.824. The van der Waals surface area contributed by atoms with Gasteiger partial charge in [0.1, 0.15) is 5.69 Å². The molecule has 1 aliphatic rings. The number of alkyl halides is 3. The van der Waals surface area contributed by atoms with Crippen molar-refractivity contribution in [1.29, 1.82) is 0 Å². The summed E-state index contributed by atoms with van der Waals surface area (Å²) in [5.41, 5.74) is -1.11. The van der Waals surface area contributed by atoms with Gasteiger partial charge < -0.3 is 5.32 Å². The van der Waals surface area contributed by atoms with Crippen LogP contribution >= 0.6 is 0 Å². The van der Waals surface area contributed by atoms with Gasteiger partial charge in [-0.15, -0.1) is 0 Å². The van der Waals surface area contributed by atoms with Gasteiger partial charge in [-0.05, 0) is 31.5 Å². The average molecular weight is 382 g/mol. The number of aromatic nitrogens is 4. The molecular formula is C17H21F3N6O. The van der Waals surface area contributed by atoms with Crippen molar-refractivity contribution in [2.75, 3.05) is 25.0 Å². The van der Waals surface area contributed by atoms with Gasteiger partial charge in [-0.2, -0.15) is 18.3 Å². The lowest BCUT2D eigenvalue weighted by Gasteiger charge is -2.35. The summed E-state index contributed by atoms with van der Waals surface area (Å²) >= 11 is 0. The minimum absolute atomic E-state index is 0.0312. The van der Waals surface area contributed by atoms with Gasteiger partial charge in [-0.1, -0.05) is 6.42 Å². The fraction of sp³-hybridized carbons (Fsp3) is 0.529. The maximum absolute atomic E-state index is 12.8. The summed E-state index contributed by atoms with van der Waals surface area (Å²) < 4.78 is 39.7. The Labute approximate surface area is 154 Å². The van der Waals surface area contributed by atoms with E-state index in [-0.39, 0.29) is 17.5 Å². The van der Waals surface area contributed by atoms with E-state index in [1.807, 2.05) is 0 Å². The van der Waals surface area contributed by atoms with Gasteiger partial charge in [0.2, 0.25) is 5.95 Å². The van der Waals surface area contributed by atoms with Gasteiger partial charge in [-0.3, -0.25) is 9.69 Å². The third-order valence-corrected chi connectivity index (χ3v) is 4.58. The first-order valence-corrected chi connectivity index (χ1v) is 8.84. The van der Waals surface area contributed by atoms with Crippen LogP contribution in [0.3, 0.4) is 0 Å². The van der Waals surface area contributed by atoms with Gasteiger partial charge in [0, 0.05) is 37.6 Å². The Morgan fingerprint density at radius 2 is 2.04 bits per heavy atom. The summed E-state index contributed by atoms with van der Waals surface area (Å²) in [5.74, 6) is -0.0312. The van der Waals surface area contributed by atoms with Crippen molar-refractivity contribution in [1.82, 2.24) is 24.6 Å². The van der Waals surface area contributed by atoms with E-state index >= 15 is 0 Å². The van der Waals surface area contributed by atoms with Gasteiger partial charge in [-0.25, -0.2) is 14.6 Å². The Hall–Kier alpha value is -2.49. The molecule has 1 saturated heterocycles. The maximum atomic E-state index is 12.8. The molecular weight excluding hydrogens is 361 g/mol. The van der Waals surface area contributed by atoms with E-state index in [0.717, 1.165) is 38.1 Å². The Morgan fingerprint density at radius 1 is 1.19 bits per heavy atom. The second-order valence-electron chi connectivity index (χ2n) is 6.41. The topological polar surface area (TPSA) is 75.9 Å². The molecule has 7 nitrogen and oxygen atoms in total. The van der Waals surface area contributed by atoms with E-state index in [9.17, 15) is 18.0 Å². The molecule has 2 aromatic rings. The summed E-state index contributed by atoms with van der Waals surface area (Å²) in [5, 5.41) is 6.97. The Kier molecular flexibility index (Phi) is 6.04. The predicted molar refractivity (Wildman–Crippen MR) is 93.2 cm³/mol. The van der Waals surface area contributed by atoms with Gasteiger partial charge in [0.05, 0.1) is 6.54 Å². The first-order valence-electron chi connectivity index (χ1n) is 8.84. The molecule has 0 amide bonds. The third-order valence-electron chi connectivity index (χ3n) is 4.58. The monoisotopic (exact) mass is 382 g/mol. The minimum atomic E-state index is -4.49. The number of likely N-dealkylation sites (tertiary alicyclic amines) is 1. The summed E-state index contributed by atoms with van der Waals surface area (Å²) in [6.07, 6.45) is 1.20. The highest BCUT2D eigenvalue weighted by Crippen LogP contribution is 2.27. The van der Waals surface area contributed by atoms with Crippen LogP contribution in [-0.2, 0) is 12.7 Å². The number of hydrogen-bond donors (Lipinski definition) is 1. The molecule has 10 heteroatoms. The first-order chi connectivity index (χ1) is 12.9. The molecule has 0 saturated carbocycles. The predicted octanol–water partition coefficient (Wildman–Crippen LogP) is 2.02. The van der Waals surface area contributed by atoms with Crippen molar-refractivity contribution in [3.05, 3.63) is 46.6 Å². The van der Waals surface area contributed by atoms with Crippen molar-refractivity contribution in [3.8, 4) is 0 Å². The van der Waals surface area contributed by atoms with Crippen molar-refractivity contribution in [3.63, 3.8) is 0 Å². The SMILES string of the molecule is O=c1cccnn1CCN1CCCCC1CNc1nccc(C(F)(F)F)n1. The molecule has 0 bridgehead atoms. The van der Waals surface area contributed by atoms with Crippen LogP contribution in [0.5, 0.6) is 0 Å². The minimum Gasteiger partial charge on any atom is -0.353 e. The molecule has 0 aromatic carbocycles. The van der Waals surface area contributed by atoms with Crippen LogP contribution < -0.4 is 10.9 Å². The lowest BCUT2D eigenvalue weighted by atomic mass is 10.0. The fourth-order valence-electron chi connectivity index (χ4n) is 3.17. The molecule has 1 atom stereocenters. The van der Waals surface area contributed by atoms with Crippen molar-refractivity contribution in [2.24, 2.45) is 0 Å². The number of halogens is 3. The number of anilines is 1. The standard InChI is InChI=1S/C17H21F3N6O/c18-17(19,20)14-6-8-21-16(24-14)22-12-13-4-1-2-9-25(13)10-11-26-15(27)5-3-7-23-26/h3,5-8,13H,1-2,4,9-12H2,(H,21,22,24). The van der Waals surface area contributed by atoms with Crippen LogP contribution in [-0.4, -0.2) is 50.3 Å². The lowest BCUT2D eigenvalue weighted by molar-refractivity contribution is -0.141. The molecule has 1 fully saturated rings. The second kappa shape index (κ2) is 8.47. The maximum Gasteiger partial charge on any atom is 0.433 e. The molecule has 27 heavy (non-hydrogen) atoms. The normalized spacial score (nSPS) is 18.4. The highest BCUT2D eigenvalue weighted by Gasteiger charge is 2.33. The van der Waals surface area contributed by atoms with E-state index in [0.29, 0.717) is 19.6 Å². The molecule has 3 rings (SSSR count). The van der Waals surface area contributed by atoms with Crippen LogP contribution in [0.25, 0.3) is 0 Å². The third kappa shape index (κ3) is 5.25. The van der Waals surface area contributed by atoms with Gasteiger partial charge in [0.25, 0.3) is 5.56 Å². The van der Waals surface area contributed by atoms with Crippen molar-refractivity contribution in [2.45, 2.75) is 38.0 Å². The van der Waals surface area contributed by atoms with E-state index in [2.05, 4.69) is 25.3 Å². The summed E-state index contributed by atoms with van der Waals surface area (Å²) in [7, 11) is 0. The van der Waals surface area contributed by atoms with Gasteiger partial charge >= 0.3 is 6.18 Å². The highest BCUT2D eigenvalue weighted by molar-refractivity contribution is 5.26. The van der Waals surface area contributed by atoms with Crippen molar-refractivity contribution < 1.29 is 13.2 Å². The summed E-state index contributed by atoms with van der Waals surface area (Å²) in [6.45, 7) is 2.43. The van der Waals surface area contributed by atoms with E-state index in [1.54, 1.807) is 12.3 Å². The summed E-state index contributed by atoms with van der Waals surface area (Å²) in [4.78, 5) is 21.4. The fourth-order valence-corrected chi connectivity index (χ4v) is 3.17. The number of hydrogen-bond acceptors (Lipinski definition) is 6. The number of nitrogens with one attached hydrogen (secondary N) is 1. The zero-order valence-corrected chi connectivity index (χ0v) is 14.7. The lowest BCUT2D eigenvalue weighted by Crippen LogP contribution is -2.45. The Morgan fingerprint density at radius 3 is 2.81 bits per heavy atom. The van der Waals surface area contributed by atoms with Crippen LogP contribution in [0.4, 0.5) is 19.1 Å². The zero-order valence-electron chi connectivity index (χ0n) is 14.7. The number of piperidine rings is 1. The molecule has 1 aliphatic heterocycles. The number of nitrogens with zero attached hydrogens (tertiary/aromatic N) is 5. The molecule has 3 heterocycles. The van der Waals surface area contributed by atoms with Crippen LogP contribution in [0, 0.1) is 0 Å². The van der Waals surface area contributed by atoms with Crippen LogP contribution in [0.1, 0.15) is 25.0 Å². The van der Waals surface area contributed by atoms with Crippen LogP contribution in [0.15, 0.2) is 35.4 Å². The smallest absolute Gasteiger partial charge is 0.353 e. The van der Waals surface area contributed by atoms with Crippen molar-refractivity contribution >= 4 is 5.95 Å². The Balaban J connectivity index is 1.59. The second-order valence-corrected chi connectivity index (χ2v) is 6.41. The number of rotatable bonds is 6. The summed E-state index contributed by atoms with van der Waals surface area (Å²) in [6, 6.07) is 4.05. The van der Waals surface area contributed by atoms with E-state index < -0.39 is 11.9 Å². The molecule has 146 valence electrons. The largest absolute Gasteiger partial charge is 0.433 e. The molecule has 2 aromatic heterocycles. The zero-order chi connectivity index (χ0) is 19.3. The van der Waals surface area contributed by atoms with E-state index in [1.165, 1.54) is 10.7 Å². The van der Waals surface area contributed by atoms with Crippen LogP contribution in [0.2, 0.25) is 0 Å². The van der Waals surface area contributed by atoms with E-state index in [4.69, 9.17) is 0 Å². The molecule has 1 N–H and O–H groups in total. The molecule has 0 radical (unpaired) electrons. The molecule has 1 unspecified atom stereocenters. The molecule has 0 aliphatic carbocycles.